The molecule has 0 saturated carbocycles. The van der Waals surface area contributed by atoms with E-state index in [4.69, 9.17) is 17.3 Å². The molecule has 1 amide bonds. The van der Waals surface area contributed by atoms with Gasteiger partial charge in [0.25, 0.3) is 0 Å². The summed E-state index contributed by atoms with van der Waals surface area (Å²) in [4.78, 5) is 20.9. The average Bonchev–Trinajstić information content (AvgIpc) is 2.90. The second-order valence-corrected chi connectivity index (χ2v) is 8.00. The van der Waals surface area contributed by atoms with E-state index in [0.717, 1.165) is 12.1 Å². The first-order valence-electron chi connectivity index (χ1n) is 8.40. The summed E-state index contributed by atoms with van der Waals surface area (Å²) in [5.41, 5.74) is 5.51. The zero-order chi connectivity index (χ0) is 20.9. The second-order valence-electron chi connectivity index (χ2n) is 7.56. The van der Waals surface area contributed by atoms with E-state index in [1.165, 1.54) is 18.3 Å². The molecule has 0 bridgehead atoms. The molecule has 0 aliphatic carbocycles. The molecule has 0 radical (unpaired) electrons. The zero-order valence-electron chi connectivity index (χ0n) is 15.4. The van der Waals surface area contributed by atoms with Crippen molar-refractivity contribution in [2.75, 3.05) is 0 Å². The summed E-state index contributed by atoms with van der Waals surface area (Å²) in [7, 11) is 0. The Bertz CT molecular complexity index is 1040. The van der Waals surface area contributed by atoms with Crippen molar-refractivity contribution in [1.29, 1.82) is 0 Å². The lowest BCUT2D eigenvalue weighted by atomic mass is 9.77. The van der Waals surface area contributed by atoms with Crippen LogP contribution in [0.3, 0.4) is 0 Å². The number of rotatable bonds is 3. The fraction of sp³-hybridized carbons (Fsp3) is 0.316. The Balaban J connectivity index is 2.30. The number of aromatic nitrogens is 3. The fourth-order valence-electron chi connectivity index (χ4n) is 3.20. The van der Waals surface area contributed by atoms with E-state index in [0.29, 0.717) is 22.0 Å². The van der Waals surface area contributed by atoms with Crippen molar-refractivity contribution in [2.24, 2.45) is 11.1 Å². The molecule has 9 heteroatoms. The summed E-state index contributed by atoms with van der Waals surface area (Å²) in [6, 6.07) is 4.62. The summed E-state index contributed by atoms with van der Waals surface area (Å²) >= 11 is 6.05. The van der Waals surface area contributed by atoms with E-state index >= 15 is 0 Å². The van der Waals surface area contributed by atoms with Crippen molar-refractivity contribution in [1.82, 2.24) is 14.4 Å². The minimum Gasteiger partial charge on any atom is -0.369 e. The molecule has 5 nitrogen and oxygen atoms in total. The first kappa shape index (κ1) is 20.1. The highest BCUT2D eigenvalue weighted by Gasteiger charge is 2.37. The Labute approximate surface area is 164 Å². The van der Waals surface area contributed by atoms with Crippen LogP contribution in [-0.4, -0.2) is 20.3 Å². The number of hydrogen-bond acceptors (Lipinski definition) is 3. The molecule has 0 aliphatic heterocycles. The Morgan fingerprint density at radius 2 is 1.79 bits per heavy atom. The normalized spacial score (nSPS) is 13.7. The van der Waals surface area contributed by atoms with E-state index in [1.54, 1.807) is 10.6 Å². The van der Waals surface area contributed by atoms with Gasteiger partial charge in [-0.2, -0.15) is 13.2 Å². The minimum atomic E-state index is -4.45. The lowest BCUT2D eigenvalue weighted by Gasteiger charge is -2.27. The molecule has 1 aromatic carbocycles. The molecule has 0 saturated heterocycles. The largest absolute Gasteiger partial charge is 0.416 e. The number of alkyl halides is 3. The van der Waals surface area contributed by atoms with Gasteiger partial charge >= 0.3 is 6.18 Å². The summed E-state index contributed by atoms with van der Waals surface area (Å²) in [5.74, 6) is -1.11. The lowest BCUT2D eigenvalue weighted by Crippen LogP contribution is -2.32. The lowest BCUT2D eigenvalue weighted by molar-refractivity contribution is -0.137. The number of benzene rings is 1. The van der Waals surface area contributed by atoms with E-state index in [9.17, 15) is 18.0 Å². The van der Waals surface area contributed by atoms with Crippen LogP contribution in [0.4, 0.5) is 13.2 Å². The Kier molecular flexibility index (Phi) is 4.87. The Morgan fingerprint density at radius 1 is 1.18 bits per heavy atom. The number of fused-ring (bicyclic) bond motifs is 1. The highest BCUT2D eigenvalue weighted by atomic mass is 35.5. The van der Waals surface area contributed by atoms with Gasteiger partial charge in [-0.15, -0.1) is 0 Å². The van der Waals surface area contributed by atoms with Gasteiger partial charge < -0.3 is 5.73 Å². The van der Waals surface area contributed by atoms with Crippen LogP contribution in [0.25, 0.3) is 17.0 Å². The van der Waals surface area contributed by atoms with Crippen molar-refractivity contribution in [3.8, 4) is 11.3 Å². The molecule has 2 N–H and O–H groups in total. The average molecular weight is 411 g/mol. The third kappa shape index (κ3) is 3.69. The minimum absolute atomic E-state index is 0.268. The summed E-state index contributed by atoms with van der Waals surface area (Å²) < 4.78 is 40.4. The third-order valence-corrected chi connectivity index (χ3v) is 4.58. The van der Waals surface area contributed by atoms with Crippen LogP contribution < -0.4 is 5.73 Å². The molecule has 2 heterocycles. The van der Waals surface area contributed by atoms with Crippen LogP contribution >= 0.6 is 11.6 Å². The van der Waals surface area contributed by atoms with Gasteiger partial charge in [0.05, 0.1) is 34.1 Å². The molecule has 0 fully saturated rings. The standard InChI is InChI=1S/C19H18ClF3N4O/c1-18(2,3)13(16(24)28)14-15(27-9-12(20)8-25-17(27)26-14)10-4-6-11(7-5-10)19(21,22)23/h4-9,13H,1-3H3,(H2,24,28). The van der Waals surface area contributed by atoms with Crippen LogP contribution in [0.15, 0.2) is 36.7 Å². The SMILES string of the molecule is CC(C)(C)C(C(N)=O)c1nc2ncc(Cl)cn2c1-c1ccc(C(F)(F)F)cc1. The van der Waals surface area contributed by atoms with Crippen LogP contribution in [0.1, 0.15) is 37.9 Å². The first-order valence-corrected chi connectivity index (χ1v) is 8.78. The van der Waals surface area contributed by atoms with Crippen LogP contribution in [0.5, 0.6) is 0 Å². The summed E-state index contributed by atoms with van der Waals surface area (Å²) in [6.07, 6.45) is -1.50. The predicted octanol–water partition coefficient (Wildman–Crippen LogP) is 4.68. The van der Waals surface area contributed by atoms with Gasteiger partial charge in [0, 0.05) is 11.8 Å². The number of primary amides is 1. The van der Waals surface area contributed by atoms with Gasteiger partial charge in [-0.3, -0.25) is 9.20 Å². The van der Waals surface area contributed by atoms with Gasteiger partial charge in [0.15, 0.2) is 0 Å². The summed E-state index contributed by atoms with van der Waals surface area (Å²) in [6.45, 7) is 5.51. The highest BCUT2D eigenvalue weighted by Crippen LogP contribution is 2.40. The fourth-order valence-corrected chi connectivity index (χ4v) is 3.35. The monoisotopic (exact) mass is 410 g/mol. The number of carbonyl (C=O) groups excluding carboxylic acids is 1. The smallest absolute Gasteiger partial charge is 0.369 e. The Morgan fingerprint density at radius 3 is 2.29 bits per heavy atom. The number of halogens is 4. The molecule has 28 heavy (non-hydrogen) atoms. The van der Waals surface area contributed by atoms with Crippen molar-refractivity contribution < 1.29 is 18.0 Å². The molecule has 148 valence electrons. The van der Waals surface area contributed by atoms with Crippen molar-refractivity contribution in [2.45, 2.75) is 32.9 Å². The number of nitrogens with zero attached hydrogens (tertiary/aromatic N) is 3. The quantitative estimate of drug-likeness (QED) is 0.681. The van der Waals surface area contributed by atoms with Gasteiger partial charge in [0.2, 0.25) is 11.7 Å². The maximum absolute atomic E-state index is 12.9. The second kappa shape index (κ2) is 6.77. The molecule has 3 aromatic rings. The number of hydrogen-bond donors (Lipinski definition) is 1. The molecule has 0 aliphatic rings. The molecule has 3 rings (SSSR count). The van der Waals surface area contributed by atoms with E-state index in [-0.39, 0.29) is 5.78 Å². The van der Waals surface area contributed by atoms with Gasteiger partial charge in [-0.1, -0.05) is 44.5 Å². The third-order valence-electron chi connectivity index (χ3n) is 4.38. The molecule has 2 aromatic heterocycles. The molecule has 1 unspecified atom stereocenters. The first-order chi connectivity index (χ1) is 12.9. The number of nitrogens with two attached hydrogens (primary N) is 1. The maximum Gasteiger partial charge on any atom is 0.416 e. The van der Waals surface area contributed by atoms with Crippen molar-refractivity contribution in [3.63, 3.8) is 0 Å². The summed E-state index contributed by atoms with van der Waals surface area (Å²) in [5, 5.41) is 0.316. The topological polar surface area (TPSA) is 73.3 Å². The molecular formula is C19H18ClF3N4O. The Hall–Kier alpha value is -2.61. The number of imidazole rings is 1. The molecule has 1 atom stereocenters. The van der Waals surface area contributed by atoms with E-state index in [2.05, 4.69) is 9.97 Å². The number of carbonyl (C=O) groups is 1. The highest BCUT2D eigenvalue weighted by molar-refractivity contribution is 6.30. The van der Waals surface area contributed by atoms with Gasteiger partial charge in [0.1, 0.15) is 0 Å². The van der Waals surface area contributed by atoms with Crippen LogP contribution in [0.2, 0.25) is 5.02 Å². The predicted molar refractivity (Wildman–Crippen MR) is 99.8 cm³/mol. The maximum atomic E-state index is 12.9. The van der Waals surface area contributed by atoms with Gasteiger partial charge in [-0.25, -0.2) is 9.97 Å². The molecule has 0 spiro atoms. The van der Waals surface area contributed by atoms with Crippen molar-refractivity contribution in [3.05, 3.63) is 52.9 Å². The number of amides is 1. The van der Waals surface area contributed by atoms with Gasteiger partial charge in [-0.05, 0) is 17.5 Å². The van der Waals surface area contributed by atoms with E-state index < -0.39 is 29.0 Å². The van der Waals surface area contributed by atoms with Crippen LogP contribution in [-0.2, 0) is 11.0 Å². The molecular weight excluding hydrogens is 393 g/mol. The zero-order valence-corrected chi connectivity index (χ0v) is 16.1. The van der Waals surface area contributed by atoms with Crippen molar-refractivity contribution >= 4 is 23.3 Å². The van der Waals surface area contributed by atoms with Crippen LogP contribution in [0, 0.1) is 5.41 Å². The van der Waals surface area contributed by atoms with E-state index in [1.807, 2.05) is 20.8 Å².